The smallest absolute Gasteiger partial charge is 0.419 e. The first-order valence-electron chi connectivity index (χ1n) is 9.78. The van der Waals surface area contributed by atoms with E-state index >= 15 is 0 Å². The molecule has 1 aliphatic rings. The van der Waals surface area contributed by atoms with E-state index in [1.54, 1.807) is 24.3 Å². The third kappa shape index (κ3) is 3.40. The maximum atomic E-state index is 13.9. The van der Waals surface area contributed by atoms with E-state index in [0.717, 1.165) is 11.6 Å². The molecule has 5 rings (SSSR count). The molecule has 1 heterocycles. The number of nitriles is 1. The van der Waals surface area contributed by atoms with Gasteiger partial charge in [-0.15, -0.1) is 0 Å². The van der Waals surface area contributed by atoms with E-state index in [4.69, 9.17) is 11.3 Å². The molecule has 34 heavy (non-hydrogen) atoms. The number of hydrogen-bond donors (Lipinski definition) is 0. The molecule has 3 aromatic carbocycles. The summed E-state index contributed by atoms with van der Waals surface area (Å²) in [7, 11) is 0. The molecule has 0 fully saturated rings. The molecular weight excluding hydrogens is 448 g/mol. The van der Waals surface area contributed by atoms with Crippen molar-refractivity contribution in [2.24, 2.45) is 0 Å². The zero-order valence-corrected chi connectivity index (χ0v) is 17.0. The van der Waals surface area contributed by atoms with Crippen LogP contribution < -0.4 is 4.74 Å². The summed E-state index contributed by atoms with van der Waals surface area (Å²) in [5, 5.41) is 9.43. The highest BCUT2D eigenvalue weighted by Gasteiger charge is 2.34. The van der Waals surface area contributed by atoms with Crippen LogP contribution in [0.5, 0.6) is 11.5 Å². The number of rotatable bonds is 2. The maximum absolute atomic E-state index is 13.9. The molecule has 1 aliphatic carbocycles. The van der Waals surface area contributed by atoms with Crippen LogP contribution in [0.15, 0.2) is 66.4 Å². The molecule has 0 saturated carbocycles. The Bertz CT molecular complexity index is 1590. The van der Waals surface area contributed by atoms with E-state index in [1.807, 2.05) is 12.1 Å². The molecular formula is C25H10F4N4O. The van der Waals surface area contributed by atoms with Crippen LogP contribution in [0.25, 0.3) is 32.7 Å². The molecule has 4 aromatic rings. The number of allylic oxidation sites excluding steroid dienone is 1. The predicted molar refractivity (Wildman–Crippen MR) is 115 cm³/mol. The fourth-order valence-electron chi connectivity index (χ4n) is 3.80. The van der Waals surface area contributed by atoms with Gasteiger partial charge in [-0.25, -0.2) is 24.5 Å². The Morgan fingerprint density at radius 3 is 2.26 bits per heavy atom. The number of aromatic nitrogens is 2. The van der Waals surface area contributed by atoms with Gasteiger partial charge >= 0.3 is 6.18 Å². The molecule has 0 saturated heterocycles. The first kappa shape index (κ1) is 21.1. The molecule has 0 amide bonds. The van der Waals surface area contributed by atoms with Gasteiger partial charge in [0, 0.05) is 23.3 Å². The lowest BCUT2D eigenvalue weighted by Gasteiger charge is -2.11. The van der Waals surface area contributed by atoms with Crippen molar-refractivity contribution in [1.82, 2.24) is 9.97 Å². The van der Waals surface area contributed by atoms with Crippen LogP contribution in [0.1, 0.15) is 16.8 Å². The number of fused-ring (bicyclic) bond motifs is 4. The van der Waals surface area contributed by atoms with Gasteiger partial charge in [0.1, 0.15) is 17.3 Å². The summed E-state index contributed by atoms with van der Waals surface area (Å²) < 4.78 is 57.8. The molecule has 5 nitrogen and oxygen atoms in total. The highest BCUT2D eigenvalue weighted by Crippen LogP contribution is 2.44. The molecule has 0 N–H and O–H groups in total. The Balaban J connectivity index is 1.59. The first-order chi connectivity index (χ1) is 16.3. The highest BCUT2D eigenvalue weighted by molar-refractivity contribution is 6.02. The average Bonchev–Trinajstić information content (AvgIpc) is 3.11. The van der Waals surface area contributed by atoms with Crippen LogP contribution >= 0.6 is 0 Å². The second kappa shape index (κ2) is 7.68. The molecule has 0 atom stereocenters. The van der Waals surface area contributed by atoms with Crippen LogP contribution in [0.3, 0.4) is 0 Å². The van der Waals surface area contributed by atoms with E-state index in [0.29, 0.717) is 45.7 Å². The average molecular weight is 458 g/mol. The lowest BCUT2D eigenvalue weighted by atomic mass is 10.0. The van der Waals surface area contributed by atoms with Crippen LogP contribution in [-0.4, -0.2) is 9.97 Å². The van der Waals surface area contributed by atoms with Crippen molar-refractivity contribution in [3.63, 3.8) is 0 Å². The van der Waals surface area contributed by atoms with Crippen molar-refractivity contribution < 1.29 is 22.3 Å². The Morgan fingerprint density at radius 2 is 1.59 bits per heavy atom. The fraction of sp³-hybridized carbons (Fsp3) is 0.0400. The molecule has 0 spiro atoms. The zero-order valence-electron chi connectivity index (χ0n) is 17.0. The van der Waals surface area contributed by atoms with Crippen molar-refractivity contribution in [2.45, 2.75) is 6.18 Å². The Labute approximate surface area is 190 Å². The number of alkyl halides is 3. The van der Waals surface area contributed by atoms with Gasteiger partial charge in [-0.3, -0.25) is 0 Å². The molecule has 0 bridgehead atoms. The minimum atomic E-state index is -4.80. The van der Waals surface area contributed by atoms with E-state index in [9.17, 15) is 22.8 Å². The molecule has 0 radical (unpaired) electrons. The first-order valence-corrected chi connectivity index (χ1v) is 9.78. The second-order valence-electron chi connectivity index (χ2n) is 7.31. The SMILES string of the molecule is [C-]#[N+]C(C#N)=C1c2ccccc2-c2nc3cc(Oc4ccc(C(F)(F)F)c(F)c4)ccc3nc21. The van der Waals surface area contributed by atoms with Gasteiger partial charge < -0.3 is 4.74 Å². The van der Waals surface area contributed by atoms with Gasteiger partial charge in [0.05, 0.1) is 40.6 Å². The number of benzene rings is 3. The lowest BCUT2D eigenvalue weighted by Crippen LogP contribution is -2.07. The number of nitrogens with zero attached hydrogens (tertiary/aromatic N) is 4. The molecule has 0 aliphatic heterocycles. The summed E-state index contributed by atoms with van der Waals surface area (Å²) in [6.45, 7) is 7.36. The standard InChI is InChI=1S/C25H10F4N4O/c1-31-21(12-30)22-15-4-2-3-5-16(15)23-24(22)32-19-9-7-14(11-20(19)33-23)34-13-6-8-17(18(26)10-13)25(27,28)29/h2-11H. The lowest BCUT2D eigenvalue weighted by molar-refractivity contribution is -0.140. The molecule has 164 valence electrons. The Hall–Kier alpha value is -4.76. The van der Waals surface area contributed by atoms with Crippen LogP contribution in [0.4, 0.5) is 17.6 Å². The molecule has 9 heteroatoms. The third-order valence-corrected chi connectivity index (χ3v) is 5.26. The van der Waals surface area contributed by atoms with E-state index in [-0.39, 0.29) is 17.2 Å². The minimum absolute atomic E-state index is 0.0934. The summed E-state index contributed by atoms with van der Waals surface area (Å²) in [4.78, 5) is 12.6. The van der Waals surface area contributed by atoms with Crippen molar-refractivity contribution in [3.8, 4) is 28.8 Å². The summed E-state index contributed by atoms with van der Waals surface area (Å²) in [6.07, 6.45) is -4.80. The Morgan fingerprint density at radius 1 is 0.912 bits per heavy atom. The van der Waals surface area contributed by atoms with Crippen LogP contribution in [0, 0.1) is 23.7 Å². The quantitative estimate of drug-likeness (QED) is 0.167. The van der Waals surface area contributed by atoms with Gasteiger partial charge in [-0.05, 0) is 29.8 Å². The van der Waals surface area contributed by atoms with Crippen molar-refractivity contribution in [3.05, 3.63) is 100 Å². The summed E-state index contributed by atoms with van der Waals surface area (Å²) in [6, 6.07) is 16.1. The monoisotopic (exact) mass is 458 g/mol. The van der Waals surface area contributed by atoms with Crippen molar-refractivity contribution in [1.29, 1.82) is 5.26 Å². The number of ether oxygens (including phenoxy) is 1. The van der Waals surface area contributed by atoms with Gasteiger partial charge in [-0.1, -0.05) is 24.3 Å². The van der Waals surface area contributed by atoms with Crippen LogP contribution in [0.2, 0.25) is 0 Å². The van der Waals surface area contributed by atoms with E-state index < -0.39 is 17.6 Å². The highest BCUT2D eigenvalue weighted by atomic mass is 19.4. The summed E-state index contributed by atoms with van der Waals surface area (Å²) in [5.74, 6) is -1.32. The van der Waals surface area contributed by atoms with Crippen molar-refractivity contribution in [2.75, 3.05) is 0 Å². The Kier molecular flexibility index (Phi) is 4.77. The molecule has 1 aromatic heterocycles. The van der Waals surface area contributed by atoms with E-state index in [2.05, 4.69) is 14.8 Å². The van der Waals surface area contributed by atoms with E-state index in [1.165, 1.54) is 12.1 Å². The van der Waals surface area contributed by atoms with Crippen LogP contribution in [-0.2, 0) is 6.18 Å². The number of hydrogen-bond acceptors (Lipinski definition) is 4. The molecule has 0 unspecified atom stereocenters. The predicted octanol–water partition coefficient (Wildman–Crippen LogP) is 6.76. The summed E-state index contributed by atoms with van der Waals surface area (Å²) >= 11 is 0. The summed E-state index contributed by atoms with van der Waals surface area (Å²) in [5.41, 5.74) is 2.12. The van der Waals surface area contributed by atoms with Gasteiger partial charge in [-0.2, -0.15) is 13.2 Å². The largest absolute Gasteiger partial charge is 0.457 e. The minimum Gasteiger partial charge on any atom is -0.457 e. The normalized spacial score (nSPS) is 13.6. The zero-order chi connectivity index (χ0) is 24.0. The topological polar surface area (TPSA) is 63.2 Å². The second-order valence-corrected chi connectivity index (χ2v) is 7.31. The van der Waals surface area contributed by atoms with Crippen molar-refractivity contribution >= 4 is 16.6 Å². The fourth-order valence-corrected chi connectivity index (χ4v) is 3.80. The third-order valence-electron chi connectivity index (χ3n) is 5.26. The van der Waals surface area contributed by atoms with Gasteiger partial charge in [0.15, 0.2) is 0 Å². The number of halogens is 4. The maximum Gasteiger partial charge on any atom is 0.419 e. The van der Waals surface area contributed by atoms with Gasteiger partial charge in [0.25, 0.3) is 5.70 Å². The van der Waals surface area contributed by atoms with Gasteiger partial charge in [0.2, 0.25) is 0 Å².